The second-order valence-corrected chi connectivity index (χ2v) is 4.63. The van der Waals surface area contributed by atoms with Crippen LogP contribution in [-0.4, -0.2) is 17.9 Å². The Morgan fingerprint density at radius 1 is 1.24 bits per heavy atom. The molecule has 1 unspecified atom stereocenters. The van der Waals surface area contributed by atoms with Crippen molar-refractivity contribution in [2.45, 2.75) is 19.9 Å². The van der Waals surface area contributed by atoms with Gasteiger partial charge in [-0.15, -0.1) is 0 Å². The average molecular weight is 287 g/mol. The summed E-state index contributed by atoms with van der Waals surface area (Å²) >= 11 is 0. The molecule has 1 atom stereocenters. The summed E-state index contributed by atoms with van der Waals surface area (Å²) < 4.78 is 18.2. The van der Waals surface area contributed by atoms with Crippen molar-refractivity contribution in [3.8, 4) is 11.5 Å². The lowest BCUT2D eigenvalue weighted by atomic mass is 10.1. The number of para-hydroxylation sites is 1. The van der Waals surface area contributed by atoms with Crippen molar-refractivity contribution in [1.82, 2.24) is 0 Å². The van der Waals surface area contributed by atoms with Gasteiger partial charge >= 0.3 is 0 Å². The van der Waals surface area contributed by atoms with E-state index in [0.29, 0.717) is 17.9 Å². The zero-order valence-corrected chi connectivity index (χ0v) is 12.1. The first-order valence-corrected chi connectivity index (χ1v) is 6.85. The standard InChI is InChI=1S/C17H18FNO2/c1-3-21-16-6-4-5-14(17(16)20)11-19-12(2)13-7-9-15(18)10-8-13/h4-12,20H,3H2,1-2H3. The Bertz CT molecular complexity index is 623. The van der Waals surface area contributed by atoms with Crippen LogP contribution in [-0.2, 0) is 0 Å². The number of nitrogens with zero attached hydrogens (tertiary/aromatic N) is 1. The van der Waals surface area contributed by atoms with E-state index in [1.54, 1.807) is 36.5 Å². The van der Waals surface area contributed by atoms with Crippen LogP contribution in [0.25, 0.3) is 0 Å². The van der Waals surface area contributed by atoms with Crippen LogP contribution in [0.1, 0.15) is 31.0 Å². The molecule has 0 bridgehead atoms. The largest absolute Gasteiger partial charge is 0.504 e. The van der Waals surface area contributed by atoms with E-state index in [-0.39, 0.29) is 17.6 Å². The fraction of sp³-hybridized carbons (Fsp3) is 0.235. The van der Waals surface area contributed by atoms with Gasteiger partial charge in [0.2, 0.25) is 0 Å². The van der Waals surface area contributed by atoms with E-state index in [2.05, 4.69) is 4.99 Å². The van der Waals surface area contributed by atoms with Crippen LogP contribution in [0, 0.1) is 5.82 Å². The van der Waals surface area contributed by atoms with Gasteiger partial charge in [-0.1, -0.05) is 18.2 Å². The van der Waals surface area contributed by atoms with Crippen molar-refractivity contribution in [2.24, 2.45) is 4.99 Å². The van der Waals surface area contributed by atoms with Gasteiger partial charge < -0.3 is 9.84 Å². The van der Waals surface area contributed by atoms with E-state index in [4.69, 9.17) is 4.74 Å². The number of phenolic OH excluding ortho intramolecular Hbond substituents is 1. The minimum atomic E-state index is -0.267. The van der Waals surface area contributed by atoms with E-state index in [1.165, 1.54) is 12.1 Å². The SMILES string of the molecule is CCOc1cccc(C=NC(C)c2ccc(F)cc2)c1O. The summed E-state index contributed by atoms with van der Waals surface area (Å²) in [6.07, 6.45) is 1.60. The molecule has 0 radical (unpaired) electrons. The van der Waals surface area contributed by atoms with E-state index >= 15 is 0 Å². The zero-order valence-electron chi connectivity index (χ0n) is 12.1. The van der Waals surface area contributed by atoms with Gasteiger partial charge in [0.15, 0.2) is 11.5 Å². The number of rotatable bonds is 5. The minimum absolute atomic E-state index is 0.0782. The van der Waals surface area contributed by atoms with Crippen LogP contribution >= 0.6 is 0 Å². The molecule has 2 aromatic carbocycles. The summed E-state index contributed by atoms with van der Waals surface area (Å²) in [4.78, 5) is 4.39. The molecule has 3 nitrogen and oxygen atoms in total. The molecule has 0 spiro atoms. The molecular formula is C17H18FNO2. The lowest BCUT2D eigenvalue weighted by molar-refractivity contribution is 0.318. The van der Waals surface area contributed by atoms with Gasteiger partial charge in [0.05, 0.1) is 12.6 Å². The van der Waals surface area contributed by atoms with E-state index in [0.717, 1.165) is 5.56 Å². The van der Waals surface area contributed by atoms with E-state index in [1.807, 2.05) is 13.8 Å². The molecule has 0 aliphatic rings. The maximum Gasteiger partial charge on any atom is 0.166 e. The molecule has 2 rings (SSSR count). The average Bonchev–Trinajstić information content (AvgIpc) is 2.49. The first-order valence-electron chi connectivity index (χ1n) is 6.85. The molecule has 0 saturated carbocycles. The number of aromatic hydroxyl groups is 1. The number of benzene rings is 2. The number of halogens is 1. The number of phenols is 1. The second kappa shape index (κ2) is 6.88. The predicted octanol–water partition coefficient (Wildman–Crippen LogP) is 4.11. The normalized spacial score (nSPS) is 12.5. The highest BCUT2D eigenvalue weighted by Gasteiger charge is 2.07. The Morgan fingerprint density at radius 2 is 1.95 bits per heavy atom. The highest BCUT2D eigenvalue weighted by Crippen LogP contribution is 2.29. The number of hydrogen-bond donors (Lipinski definition) is 1. The van der Waals surface area contributed by atoms with Gasteiger partial charge in [-0.05, 0) is 43.7 Å². The van der Waals surface area contributed by atoms with Gasteiger partial charge in [-0.25, -0.2) is 4.39 Å². The second-order valence-electron chi connectivity index (χ2n) is 4.63. The zero-order chi connectivity index (χ0) is 15.2. The summed E-state index contributed by atoms with van der Waals surface area (Å²) in [5.74, 6) is 0.252. The van der Waals surface area contributed by atoms with Crippen molar-refractivity contribution >= 4 is 6.21 Å². The van der Waals surface area contributed by atoms with Crippen molar-refractivity contribution in [2.75, 3.05) is 6.61 Å². The maximum atomic E-state index is 12.9. The summed E-state index contributed by atoms with van der Waals surface area (Å²) in [6.45, 7) is 4.25. The van der Waals surface area contributed by atoms with Crippen LogP contribution in [0.15, 0.2) is 47.5 Å². The Labute approximate surface area is 123 Å². The smallest absolute Gasteiger partial charge is 0.166 e. The van der Waals surface area contributed by atoms with Gasteiger partial charge in [0, 0.05) is 11.8 Å². The third kappa shape index (κ3) is 3.81. The van der Waals surface area contributed by atoms with Crippen molar-refractivity contribution in [3.63, 3.8) is 0 Å². The Balaban J connectivity index is 2.17. The molecule has 110 valence electrons. The predicted molar refractivity (Wildman–Crippen MR) is 81.7 cm³/mol. The number of ether oxygens (including phenoxy) is 1. The van der Waals surface area contributed by atoms with Crippen molar-refractivity contribution < 1.29 is 14.2 Å². The maximum absolute atomic E-state index is 12.9. The molecule has 0 saturated heterocycles. The Morgan fingerprint density at radius 3 is 2.62 bits per heavy atom. The lowest BCUT2D eigenvalue weighted by Crippen LogP contribution is -1.95. The third-order valence-electron chi connectivity index (χ3n) is 3.12. The molecular weight excluding hydrogens is 269 g/mol. The molecule has 21 heavy (non-hydrogen) atoms. The molecule has 0 aliphatic carbocycles. The van der Waals surface area contributed by atoms with Crippen LogP contribution in [0.3, 0.4) is 0 Å². The first-order chi connectivity index (χ1) is 10.1. The molecule has 0 amide bonds. The lowest BCUT2D eigenvalue weighted by Gasteiger charge is -2.09. The Hall–Kier alpha value is -2.36. The third-order valence-corrected chi connectivity index (χ3v) is 3.12. The van der Waals surface area contributed by atoms with Gasteiger partial charge in [-0.2, -0.15) is 0 Å². The van der Waals surface area contributed by atoms with Gasteiger partial charge in [0.1, 0.15) is 5.82 Å². The topological polar surface area (TPSA) is 41.8 Å². The summed E-state index contributed by atoms with van der Waals surface area (Å²) in [5.41, 5.74) is 1.50. The first kappa shape index (κ1) is 15.0. The quantitative estimate of drug-likeness (QED) is 0.841. The van der Waals surface area contributed by atoms with Gasteiger partial charge in [0.25, 0.3) is 0 Å². The van der Waals surface area contributed by atoms with Crippen molar-refractivity contribution in [1.29, 1.82) is 0 Å². The van der Waals surface area contributed by atoms with Crippen LogP contribution in [0.2, 0.25) is 0 Å². The van der Waals surface area contributed by atoms with E-state index < -0.39 is 0 Å². The highest BCUT2D eigenvalue weighted by atomic mass is 19.1. The molecule has 1 N–H and O–H groups in total. The fourth-order valence-corrected chi connectivity index (χ4v) is 1.93. The molecule has 0 aliphatic heterocycles. The number of hydrogen-bond acceptors (Lipinski definition) is 3. The fourth-order valence-electron chi connectivity index (χ4n) is 1.93. The molecule has 0 heterocycles. The molecule has 0 fully saturated rings. The summed E-state index contributed by atoms with van der Waals surface area (Å²) in [7, 11) is 0. The summed E-state index contributed by atoms with van der Waals surface area (Å²) in [6, 6.07) is 11.4. The Kier molecular flexibility index (Phi) is 4.93. The molecule has 2 aromatic rings. The summed E-state index contributed by atoms with van der Waals surface area (Å²) in [5, 5.41) is 10.1. The van der Waals surface area contributed by atoms with E-state index in [9.17, 15) is 9.50 Å². The van der Waals surface area contributed by atoms with Crippen LogP contribution in [0.5, 0.6) is 11.5 Å². The minimum Gasteiger partial charge on any atom is -0.504 e. The number of aliphatic imine (C=N–C) groups is 1. The van der Waals surface area contributed by atoms with Crippen LogP contribution in [0.4, 0.5) is 4.39 Å². The monoisotopic (exact) mass is 287 g/mol. The highest BCUT2D eigenvalue weighted by molar-refractivity contribution is 5.84. The molecule has 0 aromatic heterocycles. The van der Waals surface area contributed by atoms with Crippen LogP contribution < -0.4 is 4.74 Å². The van der Waals surface area contributed by atoms with Crippen molar-refractivity contribution in [3.05, 3.63) is 59.4 Å². The van der Waals surface area contributed by atoms with Gasteiger partial charge in [-0.3, -0.25) is 4.99 Å². The molecule has 4 heteroatoms.